The van der Waals surface area contributed by atoms with Crippen LogP contribution in [0.15, 0.2) is 9.95 Å². The Morgan fingerprint density at radius 2 is 2.07 bits per heavy atom. The smallest absolute Gasteiger partial charge is 0.328 e. The predicted octanol–water partition coefficient (Wildman–Crippen LogP) is 2.66. The van der Waals surface area contributed by atoms with Crippen LogP contribution < -0.4 is 10.9 Å². The first-order valence-electron chi connectivity index (χ1n) is 9.43. The van der Waals surface area contributed by atoms with Crippen molar-refractivity contribution in [1.29, 1.82) is 0 Å². The van der Waals surface area contributed by atoms with Crippen LogP contribution in [0.5, 0.6) is 0 Å². The second-order valence-corrected chi connectivity index (χ2v) is 9.37. The molecule has 0 spiro atoms. The molecule has 0 unspecified atom stereocenters. The summed E-state index contributed by atoms with van der Waals surface area (Å²) < 4.78 is 4.76. The zero-order valence-corrected chi connectivity index (χ0v) is 17.9. The lowest BCUT2D eigenvalue weighted by Gasteiger charge is -2.18. The first-order chi connectivity index (χ1) is 13.4. The molecule has 1 atom stereocenters. The fourth-order valence-corrected chi connectivity index (χ4v) is 5.40. The van der Waals surface area contributed by atoms with Gasteiger partial charge in [0.1, 0.15) is 10.9 Å². The molecule has 2 aromatic heterocycles. The first-order valence-corrected chi connectivity index (χ1v) is 11.2. The van der Waals surface area contributed by atoms with E-state index in [9.17, 15) is 14.4 Å². The molecule has 0 saturated heterocycles. The Kier molecular flexibility index (Phi) is 6.77. The number of aryl methyl sites for hydroxylation is 2. The van der Waals surface area contributed by atoms with E-state index in [2.05, 4.69) is 15.3 Å². The van der Waals surface area contributed by atoms with Gasteiger partial charge in [0.2, 0.25) is 5.91 Å². The van der Waals surface area contributed by atoms with E-state index in [0.29, 0.717) is 17.0 Å². The minimum atomic E-state index is -0.670. The average molecular weight is 424 g/mol. The second kappa shape index (κ2) is 9.09. The summed E-state index contributed by atoms with van der Waals surface area (Å²) in [6, 6.07) is -0.670. The molecule has 0 aliphatic heterocycles. The summed E-state index contributed by atoms with van der Waals surface area (Å²) in [5, 5.41) is 3.84. The van der Waals surface area contributed by atoms with Crippen LogP contribution in [0.2, 0.25) is 0 Å². The van der Waals surface area contributed by atoms with E-state index in [1.807, 2.05) is 13.8 Å². The van der Waals surface area contributed by atoms with Crippen LogP contribution in [0.3, 0.4) is 0 Å². The van der Waals surface area contributed by atoms with Crippen molar-refractivity contribution in [2.45, 2.75) is 57.1 Å². The standard InChI is InChI=1S/C19H25N3O4S2/c1-10(2)8-12(18(25)26-3)20-14(23)9-27-19-21-16(24)15-11-6-4-5-7-13(11)28-17(15)22-19/h10,12H,4-9H2,1-3H3,(H,20,23)(H,21,22,24)/t12-/m1/s1. The van der Waals surface area contributed by atoms with Crippen molar-refractivity contribution in [3.63, 3.8) is 0 Å². The molecule has 28 heavy (non-hydrogen) atoms. The van der Waals surface area contributed by atoms with Gasteiger partial charge in [-0.15, -0.1) is 11.3 Å². The fourth-order valence-electron chi connectivity index (χ4n) is 3.41. The molecule has 0 aromatic carbocycles. The monoisotopic (exact) mass is 423 g/mol. The number of nitrogens with one attached hydrogen (secondary N) is 2. The lowest BCUT2D eigenvalue weighted by atomic mass is 9.97. The summed E-state index contributed by atoms with van der Waals surface area (Å²) in [5.74, 6) is -0.453. The van der Waals surface area contributed by atoms with Crippen LogP contribution in [0, 0.1) is 5.92 Å². The number of hydrogen-bond donors (Lipinski definition) is 2. The number of aromatic amines is 1. The van der Waals surface area contributed by atoms with Crippen molar-refractivity contribution in [3.05, 3.63) is 20.8 Å². The highest BCUT2D eigenvalue weighted by Crippen LogP contribution is 2.34. The third kappa shape index (κ3) is 4.75. The maximum atomic E-state index is 12.5. The number of nitrogens with zero attached hydrogens (tertiary/aromatic N) is 1. The zero-order chi connectivity index (χ0) is 20.3. The van der Waals surface area contributed by atoms with E-state index in [0.717, 1.165) is 47.8 Å². The molecule has 2 aromatic rings. The number of carbonyl (C=O) groups is 2. The van der Waals surface area contributed by atoms with Crippen molar-refractivity contribution in [2.75, 3.05) is 12.9 Å². The van der Waals surface area contributed by atoms with Gasteiger partial charge in [0, 0.05) is 4.88 Å². The summed E-state index contributed by atoms with van der Waals surface area (Å²) in [7, 11) is 1.31. The lowest BCUT2D eigenvalue weighted by Crippen LogP contribution is -2.43. The Labute approximate surface area is 171 Å². The van der Waals surface area contributed by atoms with Gasteiger partial charge in [-0.05, 0) is 43.6 Å². The molecule has 1 aliphatic rings. The Morgan fingerprint density at radius 3 is 2.79 bits per heavy atom. The van der Waals surface area contributed by atoms with Gasteiger partial charge < -0.3 is 15.0 Å². The summed E-state index contributed by atoms with van der Waals surface area (Å²) in [5.41, 5.74) is 1.00. The number of fused-ring (bicyclic) bond motifs is 3. The molecule has 0 bridgehead atoms. The molecule has 9 heteroatoms. The lowest BCUT2D eigenvalue weighted by molar-refractivity contribution is -0.145. The van der Waals surface area contributed by atoms with Crippen molar-refractivity contribution < 1.29 is 14.3 Å². The van der Waals surface area contributed by atoms with Gasteiger partial charge in [-0.2, -0.15) is 0 Å². The SMILES string of the molecule is COC(=O)[C@@H](CC(C)C)NC(=O)CSc1nc2sc3c(c2c(=O)[nH]1)CCCC3. The summed E-state index contributed by atoms with van der Waals surface area (Å²) in [6.45, 7) is 3.95. The minimum absolute atomic E-state index is 0.0606. The zero-order valence-electron chi connectivity index (χ0n) is 16.3. The van der Waals surface area contributed by atoms with E-state index in [-0.39, 0.29) is 23.1 Å². The van der Waals surface area contributed by atoms with Gasteiger partial charge in [-0.1, -0.05) is 25.6 Å². The third-order valence-electron chi connectivity index (χ3n) is 4.67. The molecule has 0 fully saturated rings. The maximum Gasteiger partial charge on any atom is 0.328 e. The van der Waals surface area contributed by atoms with Crippen molar-refractivity contribution in [1.82, 2.24) is 15.3 Å². The summed E-state index contributed by atoms with van der Waals surface area (Å²) in [6.07, 6.45) is 4.69. The van der Waals surface area contributed by atoms with Gasteiger partial charge in [0.05, 0.1) is 18.2 Å². The topological polar surface area (TPSA) is 101 Å². The van der Waals surface area contributed by atoms with Crippen LogP contribution in [-0.4, -0.2) is 40.7 Å². The number of aromatic nitrogens is 2. The minimum Gasteiger partial charge on any atom is -0.467 e. The Balaban J connectivity index is 1.68. The molecule has 152 valence electrons. The van der Waals surface area contributed by atoms with Crippen molar-refractivity contribution >= 4 is 45.2 Å². The van der Waals surface area contributed by atoms with Crippen molar-refractivity contribution in [2.24, 2.45) is 5.92 Å². The van der Waals surface area contributed by atoms with Crippen LogP contribution in [0.1, 0.15) is 43.6 Å². The van der Waals surface area contributed by atoms with E-state index < -0.39 is 12.0 Å². The first kappa shape index (κ1) is 20.9. The number of methoxy groups -OCH3 is 1. The van der Waals surface area contributed by atoms with Crippen LogP contribution >= 0.6 is 23.1 Å². The second-order valence-electron chi connectivity index (χ2n) is 7.32. The summed E-state index contributed by atoms with van der Waals surface area (Å²) >= 11 is 2.74. The molecule has 2 N–H and O–H groups in total. The highest BCUT2D eigenvalue weighted by molar-refractivity contribution is 7.99. The van der Waals surface area contributed by atoms with Gasteiger partial charge >= 0.3 is 5.97 Å². The average Bonchev–Trinajstić information content (AvgIpc) is 3.03. The quantitative estimate of drug-likeness (QED) is 0.403. The molecule has 0 saturated carbocycles. The summed E-state index contributed by atoms with van der Waals surface area (Å²) in [4.78, 5) is 46.0. The maximum absolute atomic E-state index is 12.5. The molecule has 7 nitrogen and oxygen atoms in total. The van der Waals surface area contributed by atoms with Gasteiger partial charge in [-0.3, -0.25) is 9.59 Å². The van der Waals surface area contributed by atoms with E-state index in [4.69, 9.17) is 4.74 Å². The Bertz CT molecular complexity index is 935. The van der Waals surface area contributed by atoms with E-state index in [1.165, 1.54) is 12.0 Å². The van der Waals surface area contributed by atoms with E-state index >= 15 is 0 Å². The fraction of sp³-hybridized carbons (Fsp3) is 0.579. The number of ether oxygens (including phenoxy) is 1. The van der Waals surface area contributed by atoms with Gasteiger partial charge in [-0.25, -0.2) is 9.78 Å². The van der Waals surface area contributed by atoms with Crippen LogP contribution in [0.4, 0.5) is 0 Å². The number of H-pyrrole nitrogens is 1. The molecule has 0 radical (unpaired) electrons. The van der Waals surface area contributed by atoms with E-state index in [1.54, 1.807) is 11.3 Å². The van der Waals surface area contributed by atoms with Gasteiger partial charge in [0.25, 0.3) is 5.56 Å². The van der Waals surface area contributed by atoms with Gasteiger partial charge in [0.15, 0.2) is 5.16 Å². The normalized spacial score (nSPS) is 14.7. The molecular weight excluding hydrogens is 398 g/mol. The Hall–Kier alpha value is -1.87. The highest BCUT2D eigenvalue weighted by atomic mass is 32.2. The highest BCUT2D eigenvalue weighted by Gasteiger charge is 2.23. The number of carbonyl (C=O) groups excluding carboxylic acids is 2. The number of thiophene rings is 1. The predicted molar refractivity (Wildman–Crippen MR) is 111 cm³/mol. The molecule has 1 aliphatic carbocycles. The number of amides is 1. The van der Waals surface area contributed by atoms with Crippen LogP contribution in [-0.2, 0) is 27.2 Å². The molecular formula is C19H25N3O4S2. The molecule has 1 amide bonds. The molecule has 2 heterocycles. The molecule has 3 rings (SSSR count). The Morgan fingerprint density at radius 1 is 1.32 bits per heavy atom. The number of thioether (sulfide) groups is 1. The van der Waals surface area contributed by atoms with Crippen LogP contribution in [0.25, 0.3) is 10.2 Å². The number of rotatable bonds is 7. The van der Waals surface area contributed by atoms with Crippen molar-refractivity contribution in [3.8, 4) is 0 Å². The third-order valence-corrected chi connectivity index (χ3v) is 6.73. The number of hydrogen-bond acceptors (Lipinski definition) is 7. The largest absolute Gasteiger partial charge is 0.467 e. The number of esters is 1.